The minimum absolute atomic E-state index is 0.245. The summed E-state index contributed by atoms with van der Waals surface area (Å²) in [6.07, 6.45) is 5.09. The lowest BCUT2D eigenvalue weighted by atomic mass is 10.1. The Balaban J connectivity index is 1.74. The molecule has 0 amide bonds. The number of halogens is 1. The van der Waals surface area contributed by atoms with Crippen LogP contribution in [0.3, 0.4) is 0 Å². The molecular formula is C19H17ClN2O2. The monoisotopic (exact) mass is 340 g/mol. The third-order valence-electron chi connectivity index (χ3n) is 3.64. The van der Waals surface area contributed by atoms with Crippen LogP contribution in [-0.2, 0) is 22.5 Å². The first-order chi connectivity index (χ1) is 11.7. The molecule has 0 saturated carbocycles. The van der Waals surface area contributed by atoms with Crippen LogP contribution in [0.1, 0.15) is 17.2 Å². The van der Waals surface area contributed by atoms with Crippen LogP contribution < -0.4 is 0 Å². The number of benzene rings is 2. The topological polar surface area (TPSA) is 44.1 Å². The summed E-state index contributed by atoms with van der Waals surface area (Å²) >= 11 is 5.95. The molecule has 1 atom stereocenters. The summed E-state index contributed by atoms with van der Waals surface area (Å²) in [6, 6.07) is 16.9. The maximum Gasteiger partial charge on any atom is 0.310 e. The minimum Gasteiger partial charge on any atom is -0.455 e. The van der Waals surface area contributed by atoms with Gasteiger partial charge in [-0.05, 0) is 23.3 Å². The molecule has 0 bridgehead atoms. The summed E-state index contributed by atoms with van der Waals surface area (Å²) in [5, 5.41) is 0.649. The third-order valence-corrected chi connectivity index (χ3v) is 3.89. The summed E-state index contributed by atoms with van der Waals surface area (Å²) in [5.74, 6) is -0.263. The molecule has 4 nitrogen and oxygen atoms in total. The predicted octanol–water partition coefficient (Wildman–Crippen LogP) is 4.06. The van der Waals surface area contributed by atoms with Crippen molar-refractivity contribution < 1.29 is 9.53 Å². The molecule has 0 aliphatic rings. The second-order valence-electron chi connectivity index (χ2n) is 5.45. The Kier molecular flexibility index (Phi) is 5.29. The summed E-state index contributed by atoms with van der Waals surface area (Å²) < 4.78 is 7.61. The molecule has 0 aliphatic heterocycles. The van der Waals surface area contributed by atoms with Crippen molar-refractivity contribution in [2.75, 3.05) is 0 Å². The molecular weight excluding hydrogens is 324 g/mol. The van der Waals surface area contributed by atoms with E-state index in [0.717, 1.165) is 11.1 Å². The van der Waals surface area contributed by atoms with Crippen molar-refractivity contribution in [1.82, 2.24) is 9.55 Å². The van der Waals surface area contributed by atoms with Gasteiger partial charge in [0.05, 0.1) is 19.3 Å². The van der Waals surface area contributed by atoms with E-state index in [0.29, 0.717) is 11.6 Å². The standard InChI is InChI=1S/C19H17ClN2O2/c20-17-8-6-16(7-9-17)18(13-22-11-10-21-14-22)24-19(23)12-15-4-2-1-3-5-15/h1-11,14,18H,12-13H2. The van der Waals surface area contributed by atoms with Crippen LogP contribution in [-0.4, -0.2) is 15.5 Å². The number of hydrogen-bond acceptors (Lipinski definition) is 3. The number of carbonyl (C=O) groups excluding carboxylic acids is 1. The Bertz CT molecular complexity index is 771. The number of carbonyl (C=O) groups is 1. The second-order valence-corrected chi connectivity index (χ2v) is 5.89. The van der Waals surface area contributed by atoms with E-state index in [2.05, 4.69) is 4.98 Å². The van der Waals surface area contributed by atoms with Crippen LogP contribution in [0.25, 0.3) is 0 Å². The van der Waals surface area contributed by atoms with Gasteiger partial charge in [-0.2, -0.15) is 0 Å². The average molecular weight is 341 g/mol. The fraction of sp³-hybridized carbons (Fsp3) is 0.158. The molecule has 0 radical (unpaired) electrons. The van der Waals surface area contributed by atoms with E-state index in [1.807, 2.05) is 53.2 Å². The molecule has 2 aromatic carbocycles. The third kappa shape index (κ3) is 4.46. The molecule has 1 unspecified atom stereocenters. The molecule has 1 heterocycles. The number of rotatable bonds is 6. The molecule has 122 valence electrons. The Morgan fingerprint density at radius 3 is 2.54 bits per heavy atom. The van der Waals surface area contributed by atoms with E-state index in [1.54, 1.807) is 24.7 Å². The number of hydrogen-bond donors (Lipinski definition) is 0. The molecule has 24 heavy (non-hydrogen) atoms. The molecule has 3 rings (SSSR count). The fourth-order valence-electron chi connectivity index (χ4n) is 2.44. The van der Waals surface area contributed by atoms with Crippen molar-refractivity contribution >= 4 is 17.6 Å². The second kappa shape index (κ2) is 7.79. The molecule has 0 aliphatic carbocycles. The fourth-order valence-corrected chi connectivity index (χ4v) is 2.56. The smallest absolute Gasteiger partial charge is 0.310 e. The normalized spacial score (nSPS) is 11.9. The van der Waals surface area contributed by atoms with Gasteiger partial charge in [-0.25, -0.2) is 4.98 Å². The Morgan fingerprint density at radius 1 is 1.12 bits per heavy atom. The zero-order valence-corrected chi connectivity index (χ0v) is 13.8. The zero-order chi connectivity index (χ0) is 16.8. The lowest BCUT2D eigenvalue weighted by molar-refractivity contribution is -0.149. The highest BCUT2D eigenvalue weighted by Crippen LogP contribution is 2.22. The van der Waals surface area contributed by atoms with Gasteiger partial charge < -0.3 is 9.30 Å². The van der Waals surface area contributed by atoms with E-state index < -0.39 is 6.10 Å². The number of ether oxygens (including phenoxy) is 1. The lowest BCUT2D eigenvalue weighted by Gasteiger charge is -2.19. The Hall–Kier alpha value is -2.59. The highest BCUT2D eigenvalue weighted by atomic mass is 35.5. The van der Waals surface area contributed by atoms with Crippen molar-refractivity contribution in [1.29, 1.82) is 0 Å². The van der Waals surface area contributed by atoms with Crippen molar-refractivity contribution in [2.24, 2.45) is 0 Å². The first-order valence-electron chi connectivity index (χ1n) is 7.65. The van der Waals surface area contributed by atoms with Gasteiger partial charge in [-0.3, -0.25) is 4.79 Å². The highest BCUT2D eigenvalue weighted by Gasteiger charge is 2.18. The van der Waals surface area contributed by atoms with Gasteiger partial charge in [0.25, 0.3) is 0 Å². The van der Waals surface area contributed by atoms with Crippen LogP contribution in [0.5, 0.6) is 0 Å². The number of esters is 1. The van der Waals surface area contributed by atoms with E-state index >= 15 is 0 Å². The number of aromatic nitrogens is 2. The van der Waals surface area contributed by atoms with Crippen molar-refractivity contribution in [3.63, 3.8) is 0 Å². The maximum atomic E-state index is 12.3. The number of nitrogens with zero attached hydrogens (tertiary/aromatic N) is 2. The van der Waals surface area contributed by atoms with Crippen LogP contribution >= 0.6 is 11.6 Å². The first-order valence-corrected chi connectivity index (χ1v) is 8.03. The van der Waals surface area contributed by atoms with E-state index in [1.165, 1.54) is 0 Å². The van der Waals surface area contributed by atoms with E-state index in [9.17, 15) is 4.79 Å². The van der Waals surface area contributed by atoms with Gasteiger partial charge >= 0.3 is 5.97 Å². The summed E-state index contributed by atoms with van der Waals surface area (Å²) in [5.41, 5.74) is 1.83. The van der Waals surface area contributed by atoms with Crippen molar-refractivity contribution in [3.8, 4) is 0 Å². The van der Waals surface area contributed by atoms with Crippen LogP contribution in [0.15, 0.2) is 73.3 Å². The average Bonchev–Trinajstić information content (AvgIpc) is 3.09. The molecule has 1 aromatic heterocycles. The van der Waals surface area contributed by atoms with Gasteiger partial charge in [0, 0.05) is 17.4 Å². The molecule has 0 spiro atoms. The van der Waals surface area contributed by atoms with Crippen LogP contribution in [0, 0.1) is 0 Å². The van der Waals surface area contributed by atoms with E-state index in [4.69, 9.17) is 16.3 Å². The highest BCUT2D eigenvalue weighted by molar-refractivity contribution is 6.30. The molecule has 5 heteroatoms. The maximum absolute atomic E-state index is 12.3. The molecule has 3 aromatic rings. The van der Waals surface area contributed by atoms with Gasteiger partial charge in [-0.15, -0.1) is 0 Å². The Labute approximate surface area is 145 Å². The Morgan fingerprint density at radius 2 is 1.88 bits per heavy atom. The summed E-state index contributed by atoms with van der Waals surface area (Å²) in [7, 11) is 0. The van der Waals surface area contributed by atoms with Gasteiger partial charge in [0.1, 0.15) is 6.10 Å². The SMILES string of the molecule is O=C(Cc1ccccc1)OC(Cn1ccnc1)c1ccc(Cl)cc1. The quantitative estimate of drug-likeness (QED) is 0.635. The zero-order valence-electron chi connectivity index (χ0n) is 13.0. The predicted molar refractivity (Wildman–Crippen MR) is 92.7 cm³/mol. The summed E-state index contributed by atoms with van der Waals surface area (Å²) in [6.45, 7) is 0.502. The minimum atomic E-state index is -0.396. The van der Waals surface area contributed by atoms with Crippen LogP contribution in [0.4, 0.5) is 0 Å². The number of imidazole rings is 1. The van der Waals surface area contributed by atoms with E-state index in [-0.39, 0.29) is 12.4 Å². The van der Waals surface area contributed by atoms with Crippen molar-refractivity contribution in [3.05, 3.63) is 89.5 Å². The largest absolute Gasteiger partial charge is 0.455 e. The summed E-state index contributed by atoms with van der Waals surface area (Å²) in [4.78, 5) is 16.3. The van der Waals surface area contributed by atoms with Gasteiger partial charge in [-0.1, -0.05) is 54.1 Å². The molecule has 0 fully saturated rings. The van der Waals surface area contributed by atoms with Crippen molar-refractivity contribution in [2.45, 2.75) is 19.1 Å². The molecule has 0 saturated heterocycles. The molecule has 0 N–H and O–H groups in total. The first kappa shape index (κ1) is 16.3. The van der Waals surface area contributed by atoms with Gasteiger partial charge in [0.2, 0.25) is 0 Å². The van der Waals surface area contributed by atoms with Gasteiger partial charge in [0.15, 0.2) is 0 Å². The van der Waals surface area contributed by atoms with Crippen LogP contribution in [0.2, 0.25) is 5.02 Å². The lowest BCUT2D eigenvalue weighted by Crippen LogP contribution is -2.17.